The van der Waals surface area contributed by atoms with Crippen LogP contribution in [0.25, 0.3) is 0 Å². The standard InChI is InChI=1S/C44H62FN3O16P2/c1-3-5-7-8-9-10-11-12-13-14-15-16-18-38(50)62-34-25-21-32(22-26-34)29-60-66(57,59-28-31-19-23-33(24-20-31)61-37(49)17-6-4-2)64-65(55,56)58-30-35-40(51)41(52)44(63-35)48-27-36(45)47-39(42(46)53)43(48)54/h19-27,35,40-41,44,51-52H,3-18,28-30H2,1-2H3,(H2,46,53)(H,55,56)/t35-,40-,41-,44-,66?/m1/s1. The molecule has 0 aliphatic carbocycles. The van der Waals surface area contributed by atoms with Gasteiger partial charge in [-0.1, -0.05) is 115 Å². The summed E-state index contributed by atoms with van der Waals surface area (Å²) in [7, 11) is -10.5. The van der Waals surface area contributed by atoms with Gasteiger partial charge in [0.05, 0.1) is 26.0 Å². The molecular weight excluding hydrogens is 907 g/mol. The number of aliphatic hydroxyl groups excluding tert-OH is 2. The number of nitrogens with two attached hydrogens (primary N) is 1. The third kappa shape index (κ3) is 18.5. The highest BCUT2D eigenvalue weighted by Gasteiger charge is 2.47. The largest absolute Gasteiger partial charge is 0.484 e. The maximum atomic E-state index is 14.1. The molecule has 19 nitrogen and oxygen atoms in total. The van der Waals surface area contributed by atoms with E-state index in [0.29, 0.717) is 34.7 Å². The number of carbonyl (C=O) groups is 3. The van der Waals surface area contributed by atoms with Gasteiger partial charge in [0.1, 0.15) is 29.8 Å². The number of primary amides is 1. The molecule has 4 rings (SSSR count). The van der Waals surface area contributed by atoms with Crippen LogP contribution in [0.15, 0.2) is 59.5 Å². The van der Waals surface area contributed by atoms with Crippen LogP contribution >= 0.6 is 15.6 Å². The number of hydrogen-bond acceptors (Lipinski definition) is 16. The number of unbranched alkanes of at least 4 members (excludes halogenated alkanes) is 12. The van der Waals surface area contributed by atoms with E-state index < -0.39 is 95.1 Å². The highest BCUT2D eigenvalue weighted by atomic mass is 31.3. The maximum Gasteiger partial charge on any atom is 0.484 e. The second-order valence-corrected chi connectivity index (χ2v) is 19.1. The fourth-order valence-electron chi connectivity index (χ4n) is 6.74. The lowest BCUT2D eigenvalue weighted by molar-refractivity contribution is -0.135. The predicted molar refractivity (Wildman–Crippen MR) is 236 cm³/mol. The zero-order valence-corrected chi connectivity index (χ0v) is 39.1. The Morgan fingerprint density at radius 3 is 1.68 bits per heavy atom. The van der Waals surface area contributed by atoms with E-state index in [9.17, 15) is 47.8 Å². The molecule has 1 fully saturated rings. The Morgan fingerprint density at radius 2 is 1.20 bits per heavy atom. The molecule has 0 saturated carbocycles. The molecule has 1 saturated heterocycles. The zero-order valence-electron chi connectivity index (χ0n) is 37.3. The van der Waals surface area contributed by atoms with Gasteiger partial charge in [0.15, 0.2) is 11.9 Å². The Morgan fingerprint density at radius 1 is 0.727 bits per heavy atom. The smallest absolute Gasteiger partial charge is 0.427 e. The van der Waals surface area contributed by atoms with Crippen molar-refractivity contribution in [3.8, 4) is 11.5 Å². The summed E-state index contributed by atoms with van der Waals surface area (Å²) in [6.07, 6.45) is 9.03. The highest BCUT2D eigenvalue weighted by molar-refractivity contribution is 7.61. The third-order valence-corrected chi connectivity index (χ3v) is 13.4. The summed E-state index contributed by atoms with van der Waals surface area (Å²) in [6.45, 7) is 2.08. The second-order valence-electron chi connectivity index (χ2n) is 15.9. The molecule has 0 spiro atoms. The fourth-order valence-corrected chi connectivity index (χ4v) is 9.34. The van der Waals surface area contributed by atoms with Gasteiger partial charge in [-0.05, 0) is 48.2 Å². The van der Waals surface area contributed by atoms with Gasteiger partial charge in [0, 0.05) is 12.8 Å². The van der Waals surface area contributed by atoms with E-state index in [1.54, 1.807) is 0 Å². The van der Waals surface area contributed by atoms with E-state index in [-0.39, 0.29) is 24.3 Å². The van der Waals surface area contributed by atoms with Crippen LogP contribution in [0.2, 0.25) is 0 Å². The molecule has 2 heterocycles. The minimum atomic E-state index is -5.47. The molecule has 6 atom stereocenters. The molecule has 66 heavy (non-hydrogen) atoms. The molecular formula is C44H62FN3O16P2. The van der Waals surface area contributed by atoms with Crippen LogP contribution in [0, 0.1) is 5.95 Å². The predicted octanol–water partition coefficient (Wildman–Crippen LogP) is 7.87. The van der Waals surface area contributed by atoms with E-state index >= 15 is 0 Å². The van der Waals surface area contributed by atoms with Crippen molar-refractivity contribution in [2.45, 2.75) is 154 Å². The minimum absolute atomic E-state index is 0.228. The van der Waals surface area contributed by atoms with Crippen molar-refractivity contribution in [2.75, 3.05) is 6.61 Å². The first-order valence-electron chi connectivity index (χ1n) is 22.3. The third-order valence-electron chi connectivity index (χ3n) is 10.4. The summed E-state index contributed by atoms with van der Waals surface area (Å²) < 4.78 is 78.8. The Hall–Kier alpha value is -4.20. The van der Waals surface area contributed by atoms with Crippen LogP contribution in [0.5, 0.6) is 11.5 Å². The zero-order chi connectivity index (χ0) is 48.1. The average molecular weight is 970 g/mol. The fraction of sp³-hybridized carbons (Fsp3) is 0.568. The lowest BCUT2D eigenvalue weighted by atomic mass is 10.0. The molecule has 1 amide bonds. The van der Waals surface area contributed by atoms with Crippen molar-refractivity contribution in [3.05, 3.63) is 87.9 Å². The SMILES string of the molecule is CCCCCCCCCCCCCCC(=O)Oc1ccc(COP(=O)(OCc2ccc(OC(=O)CCCC)cc2)OP(=O)(O)OC[C@H]2O[C@@H](n3cc(F)nc(C(N)=O)c3=O)[C@H](O)[C@@H]2O)cc1. The van der Waals surface area contributed by atoms with Crippen molar-refractivity contribution in [2.24, 2.45) is 5.73 Å². The second kappa shape index (κ2) is 27.6. The van der Waals surface area contributed by atoms with Gasteiger partial charge < -0.3 is 35.1 Å². The number of ether oxygens (including phenoxy) is 3. The van der Waals surface area contributed by atoms with Crippen LogP contribution in [0.3, 0.4) is 0 Å². The van der Waals surface area contributed by atoms with Crippen LogP contribution < -0.4 is 20.8 Å². The van der Waals surface area contributed by atoms with Crippen LogP contribution in [0.1, 0.15) is 144 Å². The number of esters is 2. The molecule has 1 aliphatic heterocycles. The number of benzene rings is 2. The first kappa shape index (κ1) is 54.4. The Balaban J connectivity index is 1.34. The van der Waals surface area contributed by atoms with Gasteiger partial charge >= 0.3 is 27.6 Å². The van der Waals surface area contributed by atoms with Gasteiger partial charge in [-0.2, -0.15) is 8.70 Å². The molecule has 5 N–H and O–H groups in total. The quantitative estimate of drug-likeness (QED) is 0.0207. The van der Waals surface area contributed by atoms with Crippen LogP contribution in [-0.2, 0) is 54.6 Å². The van der Waals surface area contributed by atoms with Gasteiger partial charge in [-0.3, -0.25) is 37.3 Å². The number of rotatable bonds is 31. The molecule has 0 bridgehead atoms. The van der Waals surface area contributed by atoms with E-state index in [1.807, 2.05) is 6.92 Å². The molecule has 2 aromatic carbocycles. The lowest BCUT2D eigenvalue weighted by Crippen LogP contribution is -2.38. The molecule has 1 aromatic heterocycles. The Bertz CT molecular complexity index is 2160. The molecule has 366 valence electrons. The van der Waals surface area contributed by atoms with Crippen molar-refractivity contribution in [3.63, 3.8) is 0 Å². The van der Waals surface area contributed by atoms with Gasteiger partial charge in [-0.25, -0.2) is 14.1 Å². The molecule has 22 heteroatoms. The van der Waals surface area contributed by atoms with Crippen LogP contribution in [0.4, 0.5) is 4.39 Å². The topological polar surface area (TPSA) is 272 Å². The van der Waals surface area contributed by atoms with Gasteiger partial charge in [0.25, 0.3) is 11.5 Å². The minimum Gasteiger partial charge on any atom is -0.427 e. The Labute approximate surface area is 383 Å². The van der Waals surface area contributed by atoms with E-state index in [4.69, 9.17) is 37.8 Å². The maximum absolute atomic E-state index is 14.1. The van der Waals surface area contributed by atoms with E-state index in [1.165, 1.54) is 99.9 Å². The number of phosphoric ester groups is 2. The van der Waals surface area contributed by atoms with E-state index in [2.05, 4.69) is 11.9 Å². The Kier molecular flexibility index (Phi) is 22.7. The summed E-state index contributed by atoms with van der Waals surface area (Å²) in [6, 6.07) is 11.8. The number of hydrogen-bond donors (Lipinski definition) is 4. The average Bonchev–Trinajstić information content (AvgIpc) is 3.56. The van der Waals surface area contributed by atoms with Gasteiger partial charge in [0.2, 0.25) is 5.95 Å². The summed E-state index contributed by atoms with van der Waals surface area (Å²) in [5.41, 5.74) is 3.51. The number of phosphoric acid groups is 2. The first-order valence-corrected chi connectivity index (χ1v) is 25.3. The van der Waals surface area contributed by atoms with Crippen molar-refractivity contribution in [1.29, 1.82) is 0 Å². The monoisotopic (exact) mass is 969 g/mol. The number of amides is 1. The number of aliphatic hydroxyl groups is 2. The van der Waals surface area contributed by atoms with Crippen molar-refractivity contribution >= 4 is 33.5 Å². The lowest BCUT2D eigenvalue weighted by Gasteiger charge is -2.22. The number of halogens is 1. The molecule has 3 aromatic rings. The van der Waals surface area contributed by atoms with E-state index in [0.717, 1.165) is 25.7 Å². The summed E-state index contributed by atoms with van der Waals surface area (Å²) in [4.78, 5) is 62.7. The number of nitrogens with zero attached hydrogens (tertiary/aromatic N) is 2. The molecule has 2 unspecified atom stereocenters. The van der Waals surface area contributed by atoms with Crippen molar-refractivity contribution < 1.29 is 75.1 Å². The molecule has 1 aliphatic rings. The summed E-state index contributed by atoms with van der Waals surface area (Å²) >= 11 is 0. The van der Waals surface area contributed by atoms with Crippen LogP contribution in [-0.4, -0.2) is 67.4 Å². The molecule has 0 radical (unpaired) electrons. The highest BCUT2D eigenvalue weighted by Crippen LogP contribution is 2.64. The first-order chi connectivity index (χ1) is 31.5. The van der Waals surface area contributed by atoms with Crippen molar-refractivity contribution in [1.82, 2.24) is 9.55 Å². The summed E-state index contributed by atoms with van der Waals surface area (Å²) in [5.74, 6) is -3.06. The normalized spacial score (nSPS) is 18.9. The number of aromatic nitrogens is 2. The number of carbonyl (C=O) groups excluding carboxylic acids is 3. The summed E-state index contributed by atoms with van der Waals surface area (Å²) in [5, 5.41) is 21.2. The van der Waals surface area contributed by atoms with Gasteiger partial charge in [-0.15, -0.1) is 0 Å².